The number of pyridine rings is 1. The molecule has 0 radical (unpaired) electrons. The van der Waals surface area contributed by atoms with Crippen LogP contribution >= 0.6 is 0 Å². The van der Waals surface area contributed by atoms with Gasteiger partial charge in [-0.1, -0.05) is 133 Å². The van der Waals surface area contributed by atoms with Crippen LogP contribution in [0.15, 0.2) is 170 Å². The second kappa shape index (κ2) is 10.5. The zero-order chi connectivity index (χ0) is 32.5. The normalized spacial score (nSPS) is 13.0. The van der Waals surface area contributed by atoms with Crippen LogP contribution in [0, 0.1) is 6.57 Å². The average Bonchev–Trinajstić information content (AvgIpc) is 3.65. The molecule has 2 nitrogen and oxygen atoms in total. The molecule has 1 aromatic heterocycles. The predicted molar refractivity (Wildman–Crippen MR) is 201 cm³/mol. The van der Waals surface area contributed by atoms with Crippen LogP contribution in [0.4, 0.5) is 5.69 Å². The van der Waals surface area contributed by atoms with Crippen molar-refractivity contribution in [3.05, 3.63) is 204 Å². The van der Waals surface area contributed by atoms with Crippen LogP contribution in [0.3, 0.4) is 0 Å². The molecule has 2 heteroatoms. The molecule has 0 unspecified atom stereocenters. The van der Waals surface area contributed by atoms with Gasteiger partial charge in [-0.2, -0.15) is 0 Å². The van der Waals surface area contributed by atoms with Crippen molar-refractivity contribution < 1.29 is 0 Å². The first-order valence-corrected chi connectivity index (χ1v) is 16.6. The van der Waals surface area contributed by atoms with Crippen LogP contribution in [0.2, 0.25) is 0 Å². The Hall–Kier alpha value is -6.56. The molecule has 1 heterocycles. The number of fused-ring (bicyclic) bond motifs is 12. The molecule has 0 atom stereocenters. The summed E-state index contributed by atoms with van der Waals surface area (Å²) in [6, 6.07) is 57.8. The second-order valence-corrected chi connectivity index (χ2v) is 13.0. The van der Waals surface area contributed by atoms with Crippen molar-refractivity contribution in [1.29, 1.82) is 0 Å². The second-order valence-electron chi connectivity index (χ2n) is 13.0. The van der Waals surface area contributed by atoms with E-state index in [1.54, 1.807) is 6.20 Å². The third-order valence-corrected chi connectivity index (χ3v) is 10.6. The Morgan fingerprint density at radius 2 is 1.06 bits per heavy atom. The number of nitrogens with zero attached hydrogens (tertiary/aromatic N) is 2. The highest BCUT2D eigenvalue weighted by Crippen LogP contribution is 2.64. The van der Waals surface area contributed by atoms with Crippen molar-refractivity contribution in [3.8, 4) is 55.6 Å². The Morgan fingerprint density at radius 3 is 1.84 bits per heavy atom. The first-order chi connectivity index (χ1) is 24.3. The molecule has 49 heavy (non-hydrogen) atoms. The third kappa shape index (κ3) is 3.85. The Kier molecular flexibility index (Phi) is 5.89. The van der Waals surface area contributed by atoms with Crippen LogP contribution in [0.5, 0.6) is 0 Å². The fourth-order valence-corrected chi connectivity index (χ4v) is 8.56. The van der Waals surface area contributed by atoms with Gasteiger partial charge in [-0.3, -0.25) is 4.98 Å². The van der Waals surface area contributed by atoms with E-state index in [0.29, 0.717) is 5.69 Å². The first kappa shape index (κ1) is 27.5. The van der Waals surface area contributed by atoms with E-state index >= 15 is 0 Å². The number of rotatable bonds is 3. The van der Waals surface area contributed by atoms with Crippen molar-refractivity contribution in [2.45, 2.75) is 5.41 Å². The molecule has 1 spiro atoms. The SMILES string of the molecule is [C-]#[N+]c1cncc(-c2cccc(-c3cc4c(c5ccccc35)-c3ccc(-c5ccccc5)cc3C43c4ccccc4-c4ccccc43)c2)c1. The number of hydrogen-bond acceptors (Lipinski definition) is 1. The van der Waals surface area contributed by atoms with E-state index in [9.17, 15) is 0 Å². The molecule has 0 N–H and O–H groups in total. The molecule has 0 saturated heterocycles. The molecule has 7 aromatic carbocycles. The van der Waals surface area contributed by atoms with Gasteiger partial charge in [0.2, 0.25) is 5.69 Å². The number of benzene rings is 7. The maximum absolute atomic E-state index is 7.53. The molecule has 0 aliphatic heterocycles. The van der Waals surface area contributed by atoms with Gasteiger partial charge in [-0.25, -0.2) is 4.85 Å². The third-order valence-electron chi connectivity index (χ3n) is 10.6. The van der Waals surface area contributed by atoms with Gasteiger partial charge in [0.05, 0.1) is 12.0 Å². The van der Waals surface area contributed by atoms with Gasteiger partial charge in [0.15, 0.2) is 0 Å². The first-order valence-electron chi connectivity index (χ1n) is 16.6. The molecular formula is C47H28N2. The van der Waals surface area contributed by atoms with Crippen molar-refractivity contribution in [2.24, 2.45) is 0 Å². The Bertz CT molecular complexity index is 2630. The Labute approximate surface area is 285 Å². The molecule has 0 fully saturated rings. The van der Waals surface area contributed by atoms with Gasteiger partial charge in [0.1, 0.15) is 0 Å². The summed E-state index contributed by atoms with van der Waals surface area (Å²) in [6.07, 6.45) is 3.46. The van der Waals surface area contributed by atoms with Gasteiger partial charge in [0, 0.05) is 12.4 Å². The molecule has 0 saturated carbocycles. The Morgan fingerprint density at radius 1 is 0.408 bits per heavy atom. The highest BCUT2D eigenvalue weighted by atomic mass is 14.7. The summed E-state index contributed by atoms with van der Waals surface area (Å²) in [5.74, 6) is 0. The van der Waals surface area contributed by atoms with E-state index in [0.717, 1.165) is 16.7 Å². The number of hydrogen-bond donors (Lipinski definition) is 0. The van der Waals surface area contributed by atoms with Crippen LogP contribution < -0.4 is 0 Å². The smallest absolute Gasteiger partial charge is 0.205 e. The lowest BCUT2D eigenvalue weighted by atomic mass is 9.69. The summed E-state index contributed by atoms with van der Waals surface area (Å²) < 4.78 is 0. The molecule has 2 aliphatic rings. The molecular weight excluding hydrogens is 593 g/mol. The average molecular weight is 621 g/mol. The van der Waals surface area contributed by atoms with E-state index in [2.05, 4.69) is 161 Å². The Balaban J connectivity index is 1.32. The molecule has 0 amide bonds. The van der Waals surface area contributed by atoms with Gasteiger partial charge in [-0.15, -0.1) is 0 Å². The standard InChI is InChI=1S/C47H28N2/c1-48-35-25-34(28-49-29-35)31-14-11-15-33(24-31)41-27-45-46(39-19-6-5-16-36(39)41)40-23-22-32(30-12-3-2-4-13-30)26-44(40)47(45)42-20-9-7-17-37(42)38-18-8-10-21-43(38)47/h2-29H. The topological polar surface area (TPSA) is 17.2 Å². The molecule has 0 bridgehead atoms. The summed E-state index contributed by atoms with van der Waals surface area (Å²) in [4.78, 5) is 7.99. The molecule has 226 valence electrons. The van der Waals surface area contributed by atoms with E-state index in [1.165, 1.54) is 72.0 Å². The minimum Gasteiger partial charge on any atom is -0.276 e. The maximum Gasteiger partial charge on any atom is 0.205 e. The monoisotopic (exact) mass is 620 g/mol. The van der Waals surface area contributed by atoms with E-state index in [-0.39, 0.29) is 0 Å². The van der Waals surface area contributed by atoms with Crippen LogP contribution in [-0.4, -0.2) is 4.98 Å². The van der Waals surface area contributed by atoms with Crippen LogP contribution in [-0.2, 0) is 5.41 Å². The van der Waals surface area contributed by atoms with E-state index in [4.69, 9.17) is 6.57 Å². The van der Waals surface area contributed by atoms with Gasteiger partial charge < -0.3 is 0 Å². The quantitative estimate of drug-likeness (QED) is 0.180. The summed E-state index contributed by atoms with van der Waals surface area (Å²) in [7, 11) is 0. The minimum atomic E-state index is -0.479. The van der Waals surface area contributed by atoms with Gasteiger partial charge in [0.25, 0.3) is 0 Å². The van der Waals surface area contributed by atoms with Crippen molar-refractivity contribution in [3.63, 3.8) is 0 Å². The van der Waals surface area contributed by atoms with Gasteiger partial charge in [-0.05, 0) is 113 Å². The summed E-state index contributed by atoms with van der Waals surface area (Å²) in [6.45, 7) is 7.53. The number of aromatic nitrogens is 1. The van der Waals surface area contributed by atoms with E-state index in [1.807, 2.05) is 12.3 Å². The summed E-state index contributed by atoms with van der Waals surface area (Å²) in [5, 5.41) is 2.48. The zero-order valence-corrected chi connectivity index (χ0v) is 26.6. The fraction of sp³-hybridized carbons (Fsp3) is 0.0213. The lowest BCUT2D eigenvalue weighted by Gasteiger charge is -2.31. The molecule has 8 aromatic rings. The van der Waals surface area contributed by atoms with E-state index < -0.39 is 5.41 Å². The van der Waals surface area contributed by atoms with Crippen LogP contribution in [0.25, 0.3) is 71.3 Å². The van der Waals surface area contributed by atoms with Crippen molar-refractivity contribution in [1.82, 2.24) is 4.98 Å². The fourth-order valence-electron chi connectivity index (χ4n) is 8.56. The lowest BCUT2D eigenvalue weighted by molar-refractivity contribution is 0.795. The molecule has 10 rings (SSSR count). The lowest BCUT2D eigenvalue weighted by Crippen LogP contribution is -2.26. The largest absolute Gasteiger partial charge is 0.276 e. The van der Waals surface area contributed by atoms with Crippen molar-refractivity contribution >= 4 is 16.5 Å². The van der Waals surface area contributed by atoms with Crippen molar-refractivity contribution in [2.75, 3.05) is 0 Å². The van der Waals surface area contributed by atoms with Crippen LogP contribution in [0.1, 0.15) is 22.3 Å². The predicted octanol–water partition coefficient (Wildman–Crippen LogP) is 12.1. The maximum atomic E-state index is 7.53. The minimum absolute atomic E-state index is 0.479. The summed E-state index contributed by atoms with van der Waals surface area (Å²) in [5.41, 5.74) is 17.3. The highest BCUT2D eigenvalue weighted by molar-refractivity contribution is 6.11. The highest BCUT2D eigenvalue weighted by Gasteiger charge is 2.52. The van der Waals surface area contributed by atoms with Gasteiger partial charge >= 0.3 is 0 Å². The summed E-state index contributed by atoms with van der Waals surface area (Å²) >= 11 is 0. The molecule has 2 aliphatic carbocycles. The zero-order valence-electron chi connectivity index (χ0n) is 26.6.